The van der Waals surface area contributed by atoms with Gasteiger partial charge in [-0.3, -0.25) is 9.59 Å². The van der Waals surface area contributed by atoms with Gasteiger partial charge in [-0.05, 0) is 36.8 Å². The van der Waals surface area contributed by atoms with Gasteiger partial charge in [0.15, 0.2) is 5.76 Å². The molecule has 0 saturated heterocycles. The Bertz CT molecular complexity index is 703. The van der Waals surface area contributed by atoms with Crippen LogP contribution in [0.2, 0.25) is 5.02 Å². The van der Waals surface area contributed by atoms with Gasteiger partial charge in [0, 0.05) is 11.3 Å². The van der Waals surface area contributed by atoms with E-state index in [1.807, 2.05) is 0 Å². The van der Waals surface area contributed by atoms with Crippen molar-refractivity contribution in [3.63, 3.8) is 0 Å². The number of hydrogen-bond acceptors (Lipinski definition) is 3. The molecule has 5 heteroatoms. The van der Waals surface area contributed by atoms with E-state index in [-0.39, 0.29) is 23.9 Å². The number of fused-ring (bicyclic) bond motifs is 1. The molecule has 0 aliphatic carbocycles. The average Bonchev–Trinajstić information content (AvgIpc) is 2.92. The summed E-state index contributed by atoms with van der Waals surface area (Å²) in [5.41, 5.74) is 1.80. The van der Waals surface area contributed by atoms with Crippen LogP contribution in [0.4, 0.5) is 5.69 Å². The van der Waals surface area contributed by atoms with Gasteiger partial charge in [-0.2, -0.15) is 0 Å². The number of rotatable bonds is 2. The van der Waals surface area contributed by atoms with E-state index < -0.39 is 0 Å². The number of anilines is 1. The highest BCUT2D eigenvalue weighted by molar-refractivity contribution is 6.35. The Hall–Kier alpha value is -2.07. The summed E-state index contributed by atoms with van der Waals surface area (Å²) < 4.78 is 5.30. The van der Waals surface area contributed by atoms with Gasteiger partial charge < -0.3 is 9.73 Å². The van der Waals surface area contributed by atoms with Crippen LogP contribution in [0, 0.1) is 6.92 Å². The molecule has 1 aliphatic rings. The van der Waals surface area contributed by atoms with Gasteiger partial charge in [-0.1, -0.05) is 11.6 Å². The fraction of sp³-hybridized carbons (Fsp3) is 0.143. The second-order valence-corrected chi connectivity index (χ2v) is 4.86. The molecule has 3 rings (SSSR count). The molecular weight excluding hydrogens is 266 g/mol. The van der Waals surface area contributed by atoms with Crippen molar-refractivity contribution in [2.24, 2.45) is 0 Å². The monoisotopic (exact) mass is 275 g/mol. The zero-order chi connectivity index (χ0) is 13.6. The summed E-state index contributed by atoms with van der Waals surface area (Å²) in [4.78, 5) is 23.6. The van der Waals surface area contributed by atoms with Crippen molar-refractivity contribution >= 4 is 29.0 Å². The lowest BCUT2D eigenvalue weighted by Gasteiger charge is -2.05. The molecule has 0 saturated carbocycles. The Morgan fingerprint density at radius 2 is 2.16 bits per heavy atom. The zero-order valence-electron chi connectivity index (χ0n) is 10.1. The lowest BCUT2D eigenvalue weighted by molar-refractivity contribution is -0.115. The van der Waals surface area contributed by atoms with E-state index in [1.165, 1.54) is 0 Å². The van der Waals surface area contributed by atoms with Crippen LogP contribution in [0.25, 0.3) is 0 Å². The quantitative estimate of drug-likeness (QED) is 0.857. The fourth-order valence-electron chi connectivity index (χ4n) is 2.11. The topological polar surface area (TPSA) is 59.3 Å². The van der Waals surface area contributed by atoms with Crippen LogP contribution in [0.5, 0.6) is 0 Å². The Morgan fingerprint density at radius 1 is 1.37 bits per heavy atom. The molecule has 0 bridgehead atoms. The van der Waals surface area contributed by atoms with E-state index >= 15 is 0 Å². The highest BCUT2D eigenvalue weighted by Crippen LogP contribution is 2.31. The van der Waals surface area contributed by atoms with Crippen molar-refractivity contribution in [2.45, 2.75) is 13.3 Å². The average molecular weight is 276 g/mol. The molecule has 0 atom stereocenters. The molecule has 19 heavy (non-hydrogen) atoms. The number of carbonyl (C=O) groups excluding carboxylic acids is 2. The molecule has 96 valence electrons. The molecule has 4 nitrogen and oxygen atoms in total. The van der Waals surface area contributed by atoms with Crippen molar-refractivity contribution in [2.75, 3.05) is 5.32 Å². The maximum absolute atomic E-state index is 12.3. The van der Waals surface area contributed by atoms with Gasteiger partial charge >= 0.3 is 0 Å². The first kappa shape index (κ1) is 12.0. The van der Waals surface area contributed by atoms with Crippen molar-refractivity contribution in [1.29, 1.82) is 0 Å². The van der Waals surface area contributed by atoms with Crippen LogP contribution in [0.3, 0.4) is 0 Å². The van der Waals surface area contributed by atoms with Crippen LogP contribution in [0.15, 0.2) is 28.7 Å². The number of hydrogen-bond donors (Lipinski definition) is 1. The first-order valence-electron chi connectivity index (χ1n) is 5.78. The summed E-state index contributed by atoms with van der Waals surface area (Å²) in [6.45, 7) is 1.77. The number of furan rings is 1. The third kappa shape index (κ3) is 2.04. The predicted molar refractivity (Wildman–Crippen MR) is 70.7 cm³/mol. The summed E-state index contributed by atoms with van der Waals surface area (Å²) >= 11 is 6.09. The summed E-state index contributed by atoms with van der Waals surface area (Å²) in [6, 6.07) is 6.59. The third-order valence-corrected chi connectivity index (χ3v) is 3.34. The minimum atomic E-state index is -0.278. The smallest absolute Gasteiger partial charge is 0.229 e. The molecule has 1 N–H and O–H groups in total. The predicted octanol–water partition coefficient (Wildman–Crippen LogP) is 2.97. The van der Waals surface area contributed by atoms with Gasteiger partial charge in [0.2, 0.25) is 11.7 Å². The molecule has 0 unspecified atom stereocenters. The summed E-state index contributed by atoms with van der Waals surface area (Å²) in [7, 11) is 0. The maximum Gasteiger partial charge on any atom is 0.229 e. The van der Waals surface area contributed by atoms with E-state index in [2.05, 4.69) is 5.32 Å². The van der Waals surface area contributed by atoms with Gasteiger partial charge in [-0.15, -0.1) is 0 Å². The molecule has 0 radical (unpaired) electrons. The Morgan fingerprint density at radius 3 is 2.84 bits per heavy atom. The van der Waals surface area contributed by atoms with E-state index in [0.29, 0.717) is 22.0 Å². The van der Waals surface area contributed by atoms with E-state index in [9.17, 15) is 9.59 Å². The SMILES string of the molecule is Cc1ccc(C(=O)c2cc3c(cc2Cl)NC(=O)C3)o1. The molecule has 2 heterocycles. The highest BCUT2D eigenvalue weighted by atomic mass is 35.5. The minimum Gasteiger partial charge on any atom is -0.458 e. The van der Waals surface area contributed by atoms with Crippen molar-refractivity contribution < 1.29 is 14.0 Å². The van der Waals surface area contributed by atoms with Gasteiger partial charge in [0.1, 0.15) is 5.76 Å². The van der Waals surface area contributed by atoms with Gasteiger partial charge in [-0.25, -0.2) is 0 Å². The molecule has 0 fully saturated rings. The van der Waals surface area contributed by atoms with Crippen LogP contribution in [0.1, 0.15) is 27.4 Å². The van der Waals surface area contributed by atoms with Crippen molar-refractivity contribution in [1.82, 2.24) is 0 Å². The molecule has 1 aromatic heterocycles. The highest BCUT2D eigenvalue weighted by Gasteiger charge is 2.23. The zero-order valence-corrected chi connectivity index (χ0v) is 10.9. The second-order valence-electron chi connectivity index (χ2n) is 4.45. The number of ketones is 1. The number of halogens is 1. The number of amides is 1. The molecule has 0 spiro atoms. The van der Waals surface area contributed by atoms with Crippen LogP contribution >= 0.6 is 11.6 Å². The van der Waals surface area contributed by atoms with Crippen molar-refractivity contribution in [3.8, 4) is 0 Å². The Labute approximate surface area is 114 Å². The van der Waals surface area contributed by atoms with Crippen LogP contribution in [-0.2, 0) is 11.2 Å². The summed E-state index contributed by atoms with van der Waals surface area (Å²) in [6.07, 6.45) is 0.268. The van der Waals surface area contributed by atoms with E-state index in [1.54, 1.807) is 31.2 Å². The number of nitrogens with one attached hydrogen (secondary N) is 1. The lowest BCUT2D eigenvalue weighted by Crippen LogP contribution is -2.03. The molecule has 1 aromatic carbocycles. The summed E-state index contributed by atoms with van der Waals surface area (Å²) in [5.74, 6) is 0.541. The number of benzene rings is 1. The normalized spacial score (nSPS) is 13.3. The largest absolute Gasteiger partial charge is 0.458 e. The maximum atomic E-state index is 12.3. The fourth-order valence-corrected chi connectivity index (χ4v) is 2.36. The number of carbonyl (C=O) groups is 2. The van der Waals surface area contributed by atoms with Gasteiger partial charge in [0.25, 0.3) is 0 Å². The summed E-state index contributed by atoms with van der Waals surface area (Å²) in [5, 5.41) is 3.00. The first-order valence-corrected chi connectivity index (χ1v) is 6.16. The molecule has 1 aliphatic heterocycles. The minimum absolute atomic E-state index is 0.0930. The molecule has 2 aromatic rings. The molecular formula is C14H10ClNO3. The van der Waals surface area contributed by atoms with E-state index in [0.717, 1.165) is 5.56 Å². The van der Waals surface area contributed by atoms with Crippen LogP contribution < -0.4 is 5.32 Å². The first-order chi connectivity index (χ1) is 9.04. The third-order valence-electron chi connectivity index (χ3n) is 3.03. The lowest BCUT2D eigenvalue weighted by atomic mass is 10.0. The Kier molecular flexibility index (Phi) is 2.68. The van der Waals surface area contributed by atoms with Crippen molar-refractivity contribution in [3.05, 3.63) is 51.9 Å². The molecule has 1 amide bonds. The van der Waals surface area contributed by atoms with Crippen LogP contribution in [-0.4, -0.2) is 11.7 Å². The second kappa shape index (κ2) is 4.24. The van der Waals surface area contributed by atoms with Gasteiger partial charge in [0.05, 0.1) is 11.4 Å². The van der Waals surface area contributed by atoms with E-state index in [4.69, 9.17) is 16.0 Å². The Balaban J connectivity index is 2.04. The standard InChI is InChI=1S/C14H10ClNO3/c1-7-2-3-12(19-7)14(18)9-4-8-5-13(17)16-11(8)6-10(9)15/h2-4,6H,5H2,1H3,(H,16,17). The number of aryl methyl sites for hydroxylation is 1.